The van der Waals surface area contributed by atoms with Crippen molar-refractivity contribution in [3.63, 3.8) is 0 Å². The summed E-state index contributed by atoms with van der Waals surface area (Å²) in [5.74, 6) is -0.938. The number of hydrogen-bond acceptors (Lipinski definition) is 5. The van der Waals surface area contributed by atoms with Crippen molar-refractivity contribution in [3.8, 4) is 0 Å². The summed E-state index contributed by atoms with van der Waals surface area (Å²) < 4.78 is 5.24. The molecule has 1 aliphatic heterocycles. The van der Waals surface area contributed by atoms with Gasteiger partial charge in [-0.3, -0.25) is 14.9 Å². The van der Waals surface area contributed by atoms with Crippen LogP contribution in [-0.4, -0.2) is 41.8 Å². The molecular formula is C12H13NO5. The highest BCUT2D eigenvalue weighted by atomic mass is 16.5. The molecule has 1 aliphatic rings. The van der Waals surface area contributed by atoms with Gasteiger partial charge in [0.05, 0.1) is 30.9 Å². The first-order valence-corrected chi connectivity index (χ1v) is 5.51. The lowest BCUT2D eigenvalue weighted by Gasteiger charge is -2.17. The molecule has 1 aromatic carbocycles. The van der Waals surface area contributed by atoms with Gasteiger partial charge in [-0.05, 0) is 11.6 Å². The van der Waals surface area contributed by atoms with Crippen LogP contribution >= 0.6 is 0 Å². The van der Waals surface area contributed by atoms with Crippen molar-refractivity contribution in [2.24, 2.45) is 0 Å². The Morgan fingerprint density at radius 3 is 2.67 bits per heavy atom. The Labute approximate surface area is 103 Å². The minimum absolute atomic E-state index is 0.0461. The van der Waals surface area contributed by atoms with Gasteiger partial charge in [0.25, 0.3) is 11.8 Å². The molecule has 0 radical (unpaired) electrons. The van der Waals surface area contributed by atoms with Crippen LogP contribution in [0.3, 0.4) is 0 Å². The van der Waals surface area contributed by atoms with Crippen molar-refractivity contribution in [2.45, 2.75) is 6.10 Å². The molecule has 2 rings (SSSR count). The topological polar surface area (TPSA) is 95.9 Å². The first-order valence-electron chi connectivity index (χ1n) is 5.51. The van der Waals surface area contributed by atoms with Gasteiger partial charge in [0, 0.05) is 0 Å². The van der Waals surface area contributed by atoms with E-state index >= 15 is 0 Å². The first kappa shape index (κ1) is 12.7. The summed E-state index contributed by atoms with van der Waals surface area (Å²) in [6.07, 6.45) is -0.733. The molecule has 1 aromatic rings. The molecule has 0 aromatic heterocycles. The summed E-state index contributed by atoms with van der Waals surface area (Å²) in [5, 5.41) is 20.2. The Morgan fingerprint density at radius 1 is 1.22 bits per heavy atom. The summed E-state index contributed by atoms with van der Waals surface area (Å²) in [4.78, 5) is 23.2. The molecule has 1 atom stereocenters. The van der Waals surface area contributed by atoms with Crippen LogP contribution < -0.4 is 5.32 Å². The van der Waals surface area contributed by atoms with Crippen LogP contribution in [0.4, 0.5) is 0 Å². The van der Waals surface area contributed by atoms with E-state index in [1.54, 1.807) is 18.2 Å². The van der Waals surface area contributed by atoms with Gasteiger partial charge in [-0.1, -0.05) is 12.1 Å². The van der Waals surface area contributed by atoms with Crippen LogP contribution in [0.1, 0.15) is 32.4 Å². The zero-order valence-electron chi connectivity index (χ0n) is 9.55. The maximum atomic E-state index is 11.7. The third kappa shape index (κ3) is 2.13. The van der Waals surface area contributed by atoms with Gasteiger partial charge < -0.3 is 14.9 Å². The zero-order valence-corrected chi connectivity index (χ0v) is 9.55. The van der Waals surface area contributed by atoms with E-state index in [1.807, 2.05) is 0 Å². The van der Waals surface area contributed by atoms with E-state index in [4.69, 9.17) is 9.84 Å². The van der Waals surface area contributed by atoms with Crippen molar-refractivity contribution in [2.75, 3.05) is 19.8 Å². The van der Waals surface area contributed by atoms with Crippen molar-refractivity contribution in [1.82, 2.24) is 5.32 Å². The molecule has 0 spiro atoms. The number of fused-ring (bicyclic) bond motifs is 1. The van der Waals surface area contributed by atoms with E-state index < -0.39 is 17.9 Å². The van der Waals surface area contributed by atoms with E-state index in [2.05, 4.69) is 5.32 Å². The van der Waals surface area contributed by atoms with Crippen molar-refractivity contribution < 1.29 is 24.5 Å². The fourth-order valence-corrected chi connectivity index (χ4v) is 1.95. The molecule has 96 valence electrons. The molecule has 1 unspecified atom stereocenters. The number of carbonyl (C=O) groups excluding carboxylic acids is 2. The zero-order chi connectivity index (χ0) is 13.1. The number of imide groups is 1. The van der Waals surface area contributed by atoms with E-state index in [9.17, 15) is 14.7 Å². The minimum Gasteiger partial charge on any atom is -0.394 e. The van der Waals surface area contributed by atoms with Crippen LogP contribution in [-0.2, 0) is 4.74 Å². The molecule has 6 nitrogen and oxygen atoms in total. The number of ether oxygens (including phenoxy) is 1. The van der Waals surface area contributed by atoms with Crippen LogP contribution in [0.5, 0.6) is 0 Å². The van der Waals surface area contributed by atoms with Crippen molar-refractivity contribution in [3.05, 3.63) is 34.9 Å². The second-order valence-corrected chi connectivity index (χ2v) is 3.82. The molecule has 0 saturated heterocycles. The van der Waals surface area contributed by atoms with E-state index in [0.717, 1.165) is 0 Å². The molecule has 0 saturated carbocycles. The Balaban J connectivity index is 2.39. The third-order valence-electron chi connectivity index (χ3n) is 2.72. The number of aliphatic hydroxyl groups is 2. The second kappa shape index (κ2) is 5.26. The number of rotatable bonds is 5. The predicted molar refractivity (Wildman–Crippen MR) is 61.1 cm³/mol. The Morgan fingerprint density at radius 2 is 2.00 bits per heavy atom. The van der Waals surface area contributed by atoms with E-state index in [0.29, 0.717) is 5.56 Å². The van der Waals surface area contributed by atoms with Gasteiger partial charge in [-0.15, -0.1) is 0 Å². The van der Waals surface area contributed by atoms with Gasteiger partial charge >= 0.3 is 0 Å². The third-order valence-corrected chi connectivity index (χ3v) is 2.72. The number of carbonyl (C=O) groups is 2. The summed E-state index contributed by atoms with van der Waals surface area (Å²) >= 11 is 0. The highest BCUT2D eigenvalue weighted by Gasteiger charge is 2.31. The number of nitrogens with one attached hydrogen (secondary N) is 1. The summed E-state index contributed by atoms with van der Waals surface area (Å²) in [5.41, 5.74) is 0.967. The molecule has 0 aliphatic carbocycles. The van der Waals surface area contributed by atoms with Crippen LogP contribution in [0.25, 0.3) is 0 Å². The van der Waals surface area contributed by atoms with Gasteiger partial charge in [0.15, 0.2) is 0 Å². The monoisotopic (exact) mass is 251 g/mol. The largest absolute Gasteiger partial charge is 0.394 e. The minimum atomic E-state index is -0.733. The maximum absolute atomic E-state index is 11.7. The number of aliphatic hydroxyl groups excluding tert-OH is 2. The van der Waals surface area contributed by atoms with Gasteiger partial charge in [0.1, 0.15) is 6.10 Å². The predicted octanol–water partition coefficient (Wildman–Crippen LogP) is -0.388. The van der Waals surface area contributed by atoms with Gasteiger partial charge in [-0.25, -0.2) is 0 Å². The van der Waals surface area contributed by atoms with Crippen molar-refractivity contribution >= 4 is 11.8 Å². The lowest BCUT2D eigenvalue weighted by molar-refractivity contribution is -0.00506. The first-order chi connectivity index (χ1) is 8.69. The fraction of sp³-hybridized carbons (Fsp3) is 0.333. The molecule has 3 N–H and O–H groups in total. The Kier molecular flexibility index (Phi) is 3.71. The highest BCUT2D eigenvalue weighted by Crippen LogP contribution is 2.27. The lowest BCUT2D eigenvalue weighted by atomic mass is 9.99. The molecule has 0 fully saturated rings. The number of hydrogen-bond donors (Lipinski definition) is 3. The van der Waals surface area contributed by atoms with E-state index in [1.165, 1.54) is 0 Å². The SMILES string of the molecule is O=C1NC(=O)c2c1cccc2C(CO)OCCO. The smallest absolute Gasteiger partial charge is 0.259 e. The molecular weight excluding hydrogens is 238 g/mol. The average Bonchev–Trinajstić information content (AvgIpc) is 2.67. The second-order valence-electron chi connectivity index (χ2n) is 3.82. The highest BCUT2D eigenvalue weighted by molar-refractivity contribution is 6.22. The van der Waals surface area contributed by atoms with Crippen LogP contribution in [0, 0.1) is 0 Å². The molecule has 18 heavy (non-hydrogen) atoms. The number of amides is 2. The standard InChI is InChI=1S/C12H13NO5/c14-4-5-18-9(6-15)7-2-1-3-8-10(7)12(17)13-11(8)16/h1-3,9,14-15H,4-6H2,(H,13,16,17). The summed E-state index contributed by atoms with van der Waals surface area (Å²) in [6, 6.07) is 4.78. The normalized spacial score (nSPS) is 15.4. The summed E-state index contributed by atoms with van der Waals surface area (Å²) in [6.45, 7) is -0.473. The quantitative estimate of drug-likeness (QED) is 0.619. The average molecular weight is 251 g/mol. The van der Waals surface area contributed by atoms with Crippen molar-refractivity contribution in [1.29, 1.82) is 0 Å². The van der Waals surface area contributed by atoms with Gasteiger partial charge in [-0.2, -0.15) is 0 Å². The molecule has 6 heteroatoms. The Bertz CT molecular complexity index is 485. The number of benzene rings is 1. The van der Waals surface area contributed by atoms with E-state index in [-0.39, 0.29) is 30.9 Å². The summed E-state index contributed by atoms with van der Waals surface area (Å²) in [7, 11) is 0. The molecule has 0 bridgehead atoms. The fourth-order valence-electron chi connectivity index (χ4n) is 1.95. The van der Waals surface area contributed by atoms with Crippen LogP contribution in [0.2, 0.25) is 0 Å². The maximum Gasteiger partial charge on any atom is 0.259 e. The Hall–Kier alpha value is -1.76. The van der Waals surface area contributed by atoms with Gasteiger partial charge in [0.2, 0.25) is 0 Å². The molecule has 1 heterocycles. The lowest BCUT2D eigenvalue weighted by Crippen LogP contribution is -2.21. The van der Waals surface area contributed by atoms with Crippen LogP contribution in [0.15, 0.2) is 18.2 Å². The molecule has 2 amide bonds.